The predicted molar refractivity (Wildman–Crippen MR) is 101 cm³/mol. The van der Waals surface area contributed by atoms with Crippen molar-refractivity contribution >= 4 is 17.6 Å². The lowest BCUT2D eigenvalue weighted by atomic mass is 10.0. The third-order valence-electron chi connectivity index (χ3n) is 4.47. The molecule has 1 aliphatic rings. The maximum absolute atomic E-state index is 12.1. The minimum absolute atomic E-state index is 0.164. The minimum Gasteiger partial charge on any atom is -0.491 e. The van der Waals surface area contributed by atoms with Gasteiger partial charge in [-0.25, -0.2) is 4.79 Å². The zero-order chi connectivity index (χ0) is 19.1. The van der Waals surface area contributed by atoms with Crippen LogP contribution in [0.4, 0.5) is 5.69 Å². The van der Waals surface area contributed by atoms with Crippen molar-refractivity contribution in [1.29, 1.82) is 0 Å². The van der Waals surface area contributed by atoms with Gasteiger partial charge >= 0.3 is 5.97 Å². The molecular weight excluding hydrogens is 346 g/mol. The van der Waals surface area contributed by atoms with E-state index in [0.717, 1.165) is 25.2 Å². The zero-order valence-electron chi connectivity index (χ0n) is 15.0. The van der Waals surface area contributed by atoms with Crippen molar-refractivity contribution in [3.8, 4) is 5.75 Å². The Kier molecular flexibility index (Phi) is 6.44. The average Bonchev–Trinajstić information content (AvgIpc) is 3.19. The third kappa shape index (κ3) is 5.56. The molecule has 1 unspecified atom stereocenters. The highest BCUT2D eigenvalue weighted by atomic mass is 16.5. The normalized spacial score (nSPS) is 16.1. The lowest BCUT2D eigenvalue weighted by Crippen LogP contribution is -2.16. The van der Waals surface area contributed by atoms with Crippen LogP contribution in [0, 0.1) is 0 Å². The van der Waals surface area contributed by atoms with Gasteiger partial charge in [0.1, 0.15) is 12.4 Å². The summed E-state index contributed by atoms with van der Waals surface area (Å²) >= 11 is 0. The summed E-state index contributed by atoms with van der Waals surface area (Å²) in [6, 6.07) is 13.9. The zero-order valence-corrected chi connectivity index (χ0v) is 15.0. The molecule has 2 aromatic rings. The first-order chi connectivity index (χ1) is 13.1. The van der Waals surface area contributed by atoms with Crippen LogP contribution in [0.3, 0.4) is 0 Å². The quantitative estimate of drug-likeness (QED) is 0.744. The number of anilines is 1. The molecule has 1 saturated heterocycles. The molecule has 1 fully saturated rings. The van der Waals surface area contributed by atoms with Gasteiger partial charge < -0.3 is 19.9 Å². The van der Waals surface area contributed by atoms with Crippen LogP contribution >= 0.6 is 0 Å². The van der Waals surface area contributed by atoms with Gasteiger partial charge in [-0.1, -0.05) is 18.2 Å². The first kappa shape index (κ1) is 18.9. The molecule has 0 saturated carbocycles. The summed E-state index contributed by atoms with van der Waals surface area (Å²) in [5.74, 6) is -0.410. The molecule has 3 rings (SSSR count). The predicted octanol–water partition coefficient (Wildman–Crippen LogP) is 3.51. The molecule has 1 atom stereocenters. The molecule has 0 radical (unpaired) electrons. The van der Waals surface area contributed by atoms with E-state index in [0.29, 0.717) is 24.3 Å². The van der Waals surface area contributed by atoms with Crippen LogP contribution in [0.15, 0.2) is 48.5 Å². The maximum Gasteiger partial charge on any atom is 0.335 e. The van der Waals surface area contributed by atoms with Gasteiger partial charge in [0.2, 0.25) is 5.91 Å². The van der Waals surface area contributed by atoms with E-state index in [9.17, 15) is 14.7 Å². The molecule has 2 aromatic carbocycles. The van der Waals surface area contributed by atoms with E-state index in [2.05, 4.69) is 5.32 Å². The minimum atomic E-state index is -0.982. The fourth-order valence-electron chi connectivity index (χ4n) is 3.02. The highest BCUT2D eigenvalue weighted by molar-refractivity contribution is 5.92. The number of amides is 1. The molecule has 6 heteroatoms. The highest BCUT2D eigenvalue weighted by Crippen LogP contribution is 2.19. The summed E-state index contributed by atoms with van der Waals surface area (Å²) in [6.07, 6.45) is 2.85. The SMILES string of the molecule is O=C(CCc1ccccc1C(=O)O)Nc1ccc(OCC2CCCO2)cc1. The highest BCUT2D eigenvalue weighted by Gasteiger charge is 2.16. The summed E-state index contributed by atoms with van der Waals surface area (Å²) in [7, 11) is 0. The molecule has 1 aliphatic heterocycles. The lowest BCUT2D eigenvalue weighted by Gasteiger charge is -2.12. The number of hydrogen-bond donors (Lipinski definition) is 2. The Labute approximate surface area is 158 Å². The molecular formula is C21H23NO5. The number of nitrogens with one attached hydrogen (secondary N) is 1. The fourth-order valence-corrected chi connectivity index (χ4v) is 3.02. The molecule has 0 spiro atoms. The monoisotopic (exact) mass is 369 g/mol. The number of carboxylic acids is 1. The molecule has 6 nitrogen and oxygen atoms in total. The van der Waals surface area contributed by atoms with E-state index in [1.54, 1.807) is 36.4 Å². The van der Waals surface area contributed by atoms with Crippen LogP contribution in [0.25, 0.3) is 0 Å². The Hall–Kier alpha value is -2.86. The Bertz CT molecular complexity index is 781. The number of carboxylic acid groups (broad SMARTS) is 1. The molecule has 1 heterocycles. The van der Waals surface area contributed by atoms with Crippen LogP contribution in [-0.2, 0) is 16.0 Å². The smallest absolute Gasteiger partial charge is 0.335 e. The van der Waals surface area contributed by atoms with Gasteiger partial charge in [0.05, 0.1) is 11.7 Å². The molecule has 2 N–H and O–H groups in total. The van der Waals surface area contributed by atoms with Crippen molar-refractivity contribution in [2.45, 2.75) is 31.8 Å². The van der Waals surface area contributed by atoms with Gasteiger partial charge in [-0.05, 0) is 55.2 Å². The summed E-state index contributed by atoms with van der Waals surface area (Å²) in [5.41, 5.74) is 1.56. The van der Waals surface area contributed by atoms with Crippen LogP contribution in [-0.4, -0.2) is 36.3 Å². The van der Waals surface area contributed by atoms with Crippen molar-refractivity contribution in [2.75, 3.05) is 18.5 Å². The number of rotatable bonds is 8. The number of ether oxygens (including phenoxy) is 2. The summed E-state index contributed by atoms with van der Waals surface area (Å²) in [6.45, 7) is 1.34. The largest absolute Gasteiger partial charge is 0.491 e. The van der Waals surface area contributed by atoms with Gasteiger partial charge in [-0.15, -0.1) is 0 Å². The molecule has 27 heavy (non-hydrogen) atoms. The van der Waals surface area contributed by atoms with Gasteiger partial charge in [0.25, 0.3) is 0 Å². The number of hydrogen-bond acceptors (Lipinski definition) is 4. The van der Waals surface area contributed by atoms with E-state index < -0.39 is 5.97 Å². The van der Waals surface area contributed by atoms with Crippen molar-refractivity contribution in [2.24, 2.45) is 0 Å². The topological polar surface area (TPSA) is 84.9 Å². The maximum atomic E-state index is 12.1. The summed E-state index contributed by atoms with van der Waals surface area (Å²) < 4.78 is 11.2. The Balaban J connectivity index is 1.47. The molecule has 0 aromatic heterocycles. The standard InChI is InChI=1S/C21H23NO5/c23-20(12-7-15-4-1-2-6-19(15)21(24)25)22-16-8-10-17(11-9-16)27-14-18-5-3-13-26-18/h1-2,4,6,8-11,18H,3,5,7,12-14H2,(H,22,23)(H,24,25). The van der Waals surface area contributed by atoms with E-state index in [1.807, 2.05) is 12.1 Å². The average molecular weight is 369 g/mol. The third-order valence-corrected chi connectivity index (χ3v) is 4.47. The summed E-state index contributed by atoms with van der Waals surface area (Å²) in [5, 5.41) is 12.0. The van der Waals surface area contributed by atoms with Crippen molar-refractivity contribution in [1.82, 2.24) is 0 Å². The van der Waals surface area contributed by atoms with Crippen molar-refractivity contribution in [3.63, 3.8) is 0 Å². The number of carbonyl (C=O) groups excluding carboxylic acids is 1. The number of aromatic carboxylic acids is 1. The second-order valence-electron chi connectivity index (χ2n) is 6.48. The molecule has 1 amide bonds. The Morgan fingerprint density at radius 3 is 2.63 bits per heavy atom. The van der Waals surface area contributed by atoms with Crippen molar-refractivity contribution in [3.05, 3.63) is 59.7 Å². The molecule has 0 bridgehead atoms. The van der Waals surface area contributed by atoms with Gasteiger partial charge in [0.15, 0.2) is 0 Å². The van der Waals surface area contributed by atoms with Crippen molar-refractivity contribution < 1.29 is 24.2 Å². The van der Waals surface area contributed by atoms with Crippen LogP contribution in [0.2, 0.25) is 0 Å². The Morgan fingerprint density at radius 2 is 1.93 bits per heavy atom. The van der Waals surface area contributed by atoms with Crippen LogP contribution < -0.4 is 10.1 Å². The number of carbonyl (C=O) groups is 2. The molecule has 0 aliphatic carbocycles. The van der Waals surface area contributed by atoms with E-state index >= 15 is 0 Å². The van der Waals surface area contributed by atoms with Gasteiger partial charge in [-0.3, -0.25) is 4.79 Å². The summed E-state index contributed by atoms with van der Waals surface area (Å²) in [4.78, 5) is 23.4. The van der Waals surface area contributed by atoms with Gasteiger partial charge in [0, 0.05) is 18.7 Å². The fraction of sp³-hybridized carbons (Fsp3) is 0.333. The second kappa shape index (κ2) is 9.19. The van der Waals surface area contributed by atoms with Crippen LogP contribution in [0.5, 0.6) is 5.75 Å². The number of benzene rings is 2. The van der Waals surface area contributed by atoms with E-state index in [1.165, 1.54) is 0 Å². The first-order valence-electron chi connectivity index (χ1n) is 9.07. The number of aryl methyl sites for hydroxylation is 1. The molecule has 142 valence electrons. The first-order valence-corrected chi connectivity index (χ1v) is 9.07. The van der Waals surface area contributed by atoms with Gasteiger partial charge in [-0.2, -0.15) is 0 Å². The van der Waals surface area contributed by atoms with Crippen LogP contribution in [0.1, 0.15) is 35.2 Å². The van der Waals surface area contributed by atoms with E-state index in [-0.39, 0.29) is 24.0 Å². The Morgan fingerprint density at radius 1 is 1.15 bits per heavy atom. The second-order valence-corrected chi connectivity index (χ2v) is 6.48. The lowest BCUT2D eigenvalue weighted by molar-refractivity contribution is -0.116. The van der Waals surface area contributed by atoms with E-state index in [4.69, 9.17) is 9.47 Å².